The van der Waals surface area contributed by atoms with Crippen LogP contribution >= 0.6 is 0 Å². The Labute approximate surface area is 135 Å². The first-order valence-corrected chi connectivity index (χ1v) is 4.92. The predicted octanol–water partition coefficient (Wildman–Crippen LogP) is 2.58. The van der Waals surface area contributed by atoms with Crippen LogP contribution in [0.15, 0.2) is 48.5 Å². The summed E-state index contributed by atoms with van der Waals surface area (Å²) >= 11 is 0. The molecule has 0 atom stereocenters. The normalized spacial score (nSPS) is 8.42. The zero-order valence-corrected chi connectivity index (χ0v) is 12.7. The molecule has 2 aromatic rings. The summed E-state index contributed by atoms with van der Waals surface area (Å²) in [4.78, 5) is 19.8. The van der Waals surface area contributed by atoms with Crippen LogP contribution in [0, 0.1) is 22.2 Å². The summed E-state index contributed by atoms with van der Waals surface area (Å²) in [6, 6.07) is 18.4. The third-order valence-electron chi connectivity index (χ3n) is 1.81. The molecule has 5 nitrogen and oxygen atoms in total. The smallest absolute Gasteiger partial charge is 0.247 e. The quantitative estimate of drug-likeness (QED) is 0.521. The molecular formula is C13H9NO4Y-2. The molecule has 0 bridgehead atoms. The van der Waals surface area contributed by atoms with Gasteiger partial charge in [0.2, 0.25) is 5.97 Å². The summed E-state index contributed by atoms with van der Waals surface area (Å²) in [5, 5.41) is 18.6. The van der Waals surface area contributed by atoms with Gasteiger partial charge in [0.15, 0.2) is 5.69 Å². The maximum Gasteiger partial charge on any atom is 0.247 e. The summed E-state index contributed by atoms with van der Waals surface area (Å²) < 4.78 is 0. The minimum atomic E-state index is -1.22. The minimum absolute atomic E-state index is 0. The van der Waals surface area contributed by atoms with Gasteiger partial charge in [-0.3, -0.25) is 10.1 Å². The molecule has 1 radical (unpaired) electrons. The number of nitro benzene ring substituents is 1. The van der Waals surface area contributed by atoms with Crippen molar-refractivity contribution in [1.82, 2.24) is 0 Å². The van der Waals surface area contributed by atoms with E-state index in [2.05, 4.69) is 12.1 Å². The molecule has 0 aliphatic heterocycles. The number of hydrogen-bond acceptors (Lipinski definition) is 3. The first-order valence-electron chi connectivity index (χ1n) is 4.92. The van der Waals surface area contributed by atoms with Gasteiger partial charge in [-0.1, -0.05) is 17.7 Å². The van der Waals surface area contributed by atoms with Crippen molar-refractivity contribution in [3.05, 3.63) is 76.3 Å². The average molecular weight is 332 g/mol. The van der Waals surface area contributed by atoms with E-state index < -0.39 is 10.9 Å². The molecule has 0 aliphatic carbocycles. The second-order valence-electron chi connectivity index (χ2n) is 3.09. The largest absolute Gasteiger partial charge is 0.521 e. The standard InChI is InChI=1S/C7H4NO4.C6H5.Y/c9-7(10)5-2-1-3-6(4-5)8(11)12;1-2-4-6-5-3-1;/h1-3H,(H,9,10);1-5H;/q2*-1;. The van der Waals surface area contributed by atoms with E-state index in [1.807, 2.05) is 30.3 Å². The number of carboxylic acid groups (broad SMARTS) is 1. The predicted molar refractivity (Wildman–Crippen MR) is 64.2 cm³/mol. The van der Waals surface area contributed by atoms with Crippen LogP contribution in [0.2, 0.25) is 0 Å². The van der Waals surface area contributed by atoms with E-state index in [0.717, 1.165) is 0 Å². The monoisotopic (exact) mass is 332 g/mol. The van der Waals surface area contributed by atoms with E-state index in [9.17, 15) is 14.9 Å². The van der Waals surface area contributed by atoms with Crippen molar-refractivity contribution >= 4 is 11.7 Å². The van der Waals surface area contributed by atoms with Crippen molar-refractivity contribution in [2.24, 2.45) is 0 Å². The maximum atomic E-state index is 10.3. The van der Waals surface area contributed by atoms with Gasteiger partial charge in [-0.25, -0.2) is 0 Å². The van der Waals surface area contributed by atoms with Gasteiger partial charge in [0, 0.05) is 37.6 Å². The Morgan fingerprint density at radius 3 is 2.16 bits per heavy atom. The molecule has 0 aliphatic rings. The van der Waals surface area contributed by atoms with Crippen LogP contribution in [0.4, 0.5) is 5.69 Å². The average Bonchev–Trinajstić information content (AvgIpc) is 2.41. The SMILES string of the molecule is O=C(O)c1[c-]c([N+](=O)[O-])ccc1.[Y].[c-]1ccccc1. The topological polar surface area (TPSA) is 80.4 Å². The van der Waals surface area contributed by atoms with Crippen LogP contribution in [0.25, 0.3) is 0 Å². The second kappa shape index (κ2) is 9.36. The fraction of sp³-hybridized carbons (Fsp3) is 0. The van der Waals surface area contributed by atoms with Crippen LogP contribution in [0.5, 0.6) is 0 Å². The molecule has 0 fully saturated rings. The van der Waals surface area contributed by atoms with E-state index in [-0.39, 0.29) is 44.0 Å². The number of nitro groups is 1. The number of rotatable bonds is 2. The fourth-order valence-corrected chi connectivity index (χ4v) is 1.03. The summed E-state index contributed by atoms with van der Waals surface area (Å²) in [5.74, 6) is -1.22. The van der Waals surface area contributed by atoms with Gasteiger partial charge in [0.05, 0.1) is 0 Å². The Morgan fingerprint density at radius 2 is 1.79 bits per heavy atom. The zero-order valence-electron chi connectivity index (χ0n) is 9.82. The van der Waals surface area contributed by atoms with Gasteiger partial charge < -0.3 is 9.90 Å². The molecule has 95 valence electrons. The van der Waals surface area contributed by atoms with Crippen molar-refractivity contribution in [3.63, 3.8) is 0 Å². The summed E-state index contributed by atoms with van der Waals surface area (Å²) in [5.41, 5.74) is -0.542. The molecule has 2 aromatic carbocycles. The molecule has 0 heterocycles. The van der Waals surface area contributed by atoms with Gasteiger partial charge in [-0.05, 0) is 0 Å². The molecule has 0 amide bonds. The van der Waals surface area contributed by atoms with Crippen LogP contribution in [0.3, 0.4) is 0 Å². The number of carboxylic acids is 1. The third kappa shape index (κ3) is 6.79. The summed E-state index contributed by atoms with van der Waals surface area (Å²) in [6.07, 6.45) is 0. The Hall–Kier alpha value is -1.59. The van der Waals surface area contributed by atoms with E-state index in [0.29, 0.717) is 0 Å². The molecular weight excluding hydrogens is 323 g/mol. The van der Waals surface area contributed by atoms with Crippen molar-refractivity contribution in [3.8, 4) is 0 Å². The molecule has 0 unspecified atom stereocenters. The van der Waals surface area contributed by atoms with Gasteiger partial charge in [0.25, 0.3) is 0 Å². The molecule has 0 spiro atoms. The van der Waals surface area contributed by atoms with Crippen LogP contribution in [-0.2, 0) is 32.7 Å². The van der Waals surface area contributed by atoms with Gasteiger partial charge in [-0.2, -0.15) is 36.4 Å². The van der Waals surface area contributed by atoms with Crippen LogP contribution in [-0.4, -0.2) is 16.0 Å². The van der Waals surface area contributed by atoms with Crippen LogP contribution < -0.4 is 0 Å². The van der Waals surface area contributed by atoms with Crippen molar-refractivity contribution in [2.75, 3.05) is 0 Å². The van der Waals surface area contributed by atoms with Gasteiger partial charge in [-0.15, -0.1) is 12.1 Å². The summed E-state index contributed by atoms with van der Waals surface area (Å²) in [6.45, 7) is 0. The van der Waals surface area contributed by atoms with E-state index in [1.165, 1.54) is 18.2 Å². The number of carbonyl (C=O) groups is 1. The van der Waals surface area contributed by atoms with Crippen molar-refractivity contribution in [2.45, 2.75) is 0 Å². The molecule has 2 rings (SSSR count). The molecule has 0 saturated heterocycles. The maximum absolute atomic E-state index is 10.3. The van der Waals surface area contributed by atoms with E-state index in [1.54, 1.807) is 0 Å². The third-order valence-corrected chi connectivity index (χ3v) is 1.81. The number of aromatic carboxylic acids is 1. The Morgan fingerprint density at radius 1 is 1.16 bits per heavy atom. The van der Waals surface area contributed by atoms with Crippen molar-refractivity contribution in [1.29, 1.82) is 0 Å². The molecule has 0 aromatic heterocycles. The van der Waals surface area contributed by atoms with E-state index in [4.69, 9.17) is 5.11 Å². The fourth-order valence-electron chi connectivity index (χ4n) is 1.03. The Kier molecular flexibility index (Phi) is 8.58. The number of hydrogen-bond donors (Lipinski definition) is 1. The van der Waals surface area contributed by atoms with Gasteiger partial charge in [0.1, 0.15) is 0 Å². The first kappa shape index (κ1) is 17.4. The number of benzene rings is 2. The number of non-ortho nitro benzene ring substituents is 1. The second-order valence-corrected chi connectivity index (χ2v) is 3.09. The minimum Gasteiger partial charge on any atom is -0.521 e. The Bertz CT molecular complexity index is 475. The van der Waals surface area contributed by atoms with Crippen LogP contribution in [0.1, 0.15) is 10.4 Å². The zero-order chi connectivity index (χ0) is 13.4. The molecule has 1 N–H and O–H groups in total. The number of nitrogens with zero attached hydrogens (tertiary/aromatic N) is 1. The molecule has 6 heteroatoms. The first-order chi connectivity index (χ1) is 8.61. The van der Waals surface area contributed by atoms with Gasteiger partial charge >= 0.3 is 0 Å². The van der Waals surface area contributed by atoms with Crippen molar-refractivity contribution < 1.29 is 47.5 Å². The summed E-state index contributed by atoms with van der Waals surface area (Å²) in [7, 11) is 0. The Balaban J connectivity index is 0.000000392. The molecule has 0 saturated carbocycles. The molecule has 19 heavy (non-hydrogen) atoms. The van der Waals surface area contributed by atoms with E-state index >= 15 is 0 Å².